The summed E-state index contributed by atoms with van der Waals surface area (Å²) in [6.45, 7) is 0. The molecule has 0 amide bonds. The van der Waals surface area contributed by atoms with E-state index in [2.05, 4.69) is 33.8 Å². The van der Waals surface area contributed by atoms with Crippen LogP contribution < -0.4 is 0 Å². The van der Waals surface area contributed by atoms with Crippen molar-refractivity contribution < 1.29 is 0 Å². The van der Waals surface area contributed by atoms with Gasteiger partial charge in [-0.15, -0.1) is 0 Å². The Kier molecular flexibility index (Phi) is 2.78. The molecule has 0 saturated heterocycles. The molecule has 0 saturated carbocycles. The van der Waals surface area contributed by atoms with Crippen LogP contribution in [0.3, 0.4) is 0 Å². The third kappa shape index (κ3) is 1.79. The first-order valence-electron chi connectivity index (χ1n) is 4.13. The van der Waals surface area contributed by atoms with Crippen LogP contribution in [-0.2, 0) is 7.05 Å². The molecule has 0 fully saturated rings. The minimum absolute atomic E-state index is 0.652. The Labute approximate surface area is 101 Å². The highest BCUT2D eigenvalue weighted by Gasteiger charge is 2.07. The highest BCUT2D eigenvalue weighted by atomic mass is 127. The average Bonchev–Trinajstić information content (AvgIpc) is 2.48. The summed E-state index contributed by atoms with van der Waals surface area (Å²) in [7, 11) is 1.83. The van der Waals surface area contributed by atoms with E-state index in [1.165, 1.54) is 3.57 Å². The zero-order valence-electron chi connectivity index (χ0n) is 7.54. The Morgan fingerprint density at radius 2 is 2.07 bits per heavy atom. The number of rotatable bonds is 1. The zero-order chi connectivity index (χ0) is 10.1. The van der Waals surface area contributed by atoms with Crippen molar-refractivity contribution in [2.45, 2.75) is 0 Å². The van der Waals surface area contributed by atoms with Gasteiger partial charge < -0.3 is 0 Å². The zero-order valence-corrected chi connectivity index (χ0v) is 10.5. The minimum atomic E-state index is 0.652. The van der Waals surface area contributed by atoms with Crippen LogP contribution in [0.15, 0.2) is 30.3 Å². The summed E-state index contributed by atoms with van der Waals surface area (Å²) >= 11 is 8.22. The highest BCUT2D eigenvalue weighted by molar-refractivity contribution is 14.1. The van der Waals surface area contributed by atoms with Gasteiger partial charge in [0.2, 0.25) is 0 Å². The third-order valence-electron chi connectivity index (χ3n) is 1.97. The Hall–Kier alpha value is -0.550. The van der Waals surface area contributed by atoms with Gasteiger partial charge in [-0.25, -0.2) is 0 Å². The topological polar surface area (TPSA) is 17.8 Å². The first-order chi connectivity index (χ1) is 6.68. The summed E-state index contributed by atoms with van der Waals surface area (Å²) in [6.07, 6.45) is 0. The SMILES string of the molecule is Cn1nc(-c2ccccc2I)cc1Cl. The molecule has 2 aromatic rings. The highest BCUT2D eigenvalue weighted by Crippen LogP contribution is 2.25. The second kappa shape index (κ2) is 3.90. The maximum atomic E-state index is 5.93. The number of aryl methyl sites for hydroxylation is 1. The van der Waals surface area contributed by atoms with Gasteiger partial charge in [0.25, 0.3) is 0 Å². The fraction of sp³-hybridized carbons (Fsp3) is 0.100. The average molecular weight is 319 g/mol. The van der Waals surface area contributed by atoms with E-state index >= 15 is 0 Å². The van der Waals surface area contributed by atoms with Crippen molar-refractivity contribution in [3.8, 4) is 11.3 Å². The second-order valence-electron chi connectivity index (χ2n) is 2.96. The smallest absolute Gasteiger partial charge is 0.127 e. The molecule has 72 valence electrons. The number of benzene rings is 1. The molecule has 1 aromatic carbocycles. The first kappa shape index (κ1) is 9.98. The van der Waals surface area contributed by atoms with Crippen LogP contribution in [0.1, 0.15) is 0 Å². The molecule has 0 aliphatic heterocycles. The van der Waals surface area contributed by atoms with Gasteiger partial charge in [-0.3, -0.25) is 4.68 Å². The van der Waals surface area contributed by atoms with Gasteiger partial charge in [0.1, 0.15) is 5.15 Å². The molecule has 0 aliphatic carbocycles. The predicted octanol–water partition coefficient (Wildman–Crippen LogP) is 3.35. The van der Waals surface area contributed by atoms with E-state index in [1.54, 1.807) is 4.68 Å². The van der Waals surface area contributed by atoms with Crippen LogP contribution in [0.5, 0.6) is 0 Å². The van der Waals surface area contributed by atoms with Crippen molar-refractivity contribution in [1.29, 1.82) is 0 Å². The van der Waals surface area contributed by atoms with E-state index in [0.717, 1.165) is 11.3 Å². The molecule has 0 spiro atoms. The van der Waals surface area contributed by atoms with E-state index in [9.17, 15) is 0 Å². The molecule has 14 heavy (non-hydrogen) atoms. The van der Waals surface area contributed by atoms with Crippen LogP contribution in [0.25, 0.3) is 11.3 Å². The number of hydrogen-bond donors (Lipinski definition) is 0. The summed E-state index contributed by atoms with van der Waals surface area (Å²) < 4.78 is 2.85. The van der Waals surface area contributed by atoms with Crippen molar-refractivity contribution in [2.75, 3.05) is 0 Å². The normalized spacial score (nSPS) is 10.5. The summed E-state index contributed by atoms with van der Waals surface area (Å²) in [5, 5.41) is 4.97. The van der Waals surface area contributed by atoms with Gasteiger partial charge in [0.15, 0.2) is 0 Å². The van der Waals surface area contributed by atoms with Crippen LogP contribution in [-0.4, -0.2) is 9.78 Å². The lowest BCUT2D eigenvalue weighted by Gasteiger charge is -1.98. The Balaban J connectivity index is 2.55. The molecular weight excluding hydrogens is 310 g/mol. The Bertz CT molecular complexity index is 445. The molecule has 0 radical (unpaired) electrons. The standard InChI is InChI=1S/C10H8ClIN2/c1-14-10(11)6-9(13-14)7-4-2-3-5-8(7)12/h2-6H,1H3. The van der Waals surface area contributed by atoms with Crippen LogP contribution in [0.4, 0.5) is 0 Å². The van der Waals surface area contributed by atoms with Gasteiger partial charge in [-0.1, -0.05) is 29.8 Å². The molecule has 0 aliphatic rings. The molecule has 1 aromatic heterocycles. The van der Waals surface area contributed by atoms with Crippen molar-refractivity contribution >= 4 is 34.2 Å². The molecule has 0 atom stereocenters. The molecule has 0 N–H and O–H groups in total. The minimum Gasteiger partial charge on any atom is -0.256 e. The summed E-state index contributed by atoms with van der Waals surface area (Å²) in [6, 6.07) is 9.98. The summed E-state index contributed by atoms with van der Waals surface area (Å²) in [5.74, 6) is 0. The van der Waals surface area contributed by atoms with Gasteiger partial charge >= 0.3 is 0 Å². The fourth-order valence-corrected chi connectivity index (χ4v) is 2.05. The van der Waals surface area contributed by atoms with Crippen LogP contribution in [0.2, 0.25) is 5.15 Å². The fourth-order valence-electron chi connectivity index (χ4n) is 1.25. The first-order valence-corrected chi connectivity index (χ1v) is 5.58. The molecule has 0 unspecified atom stereocenters. The molecule has 4 heteroatoms. The number of nitrogens with zero attached hydrogens (tertiary/aromatic N) is 2. The molecule has 0 bridgehead atoms. The largest absolute Gasteiger partial charge is 0.256 e. The van der Waals surface area contributed by atoms with Crippen molar-refractivity contribution in [3.63, 3.8) is 0 Å². The molecule has 1 heterocycles. The molecule has 2 nitrogen and oxygen atoms in total. The lowest BCUT2D eigenvalue weighted by Crippen LogP contribution is -1.90. The Morgan fingerprint density at radius 3 is 2.64 bits per heavy atom. The van der Waals surface area contributed by atoms with Gasteiger partial charge in [0.05, 0.1) is 5.69 Å². The number of hydrogen-bond acceptors (Lipinski definition) is 1. The molecule has 2 rings (SSSR count). The maximum Gasteiger partial charge on any atom is 0.127 e. The van der Waals surface area contributed by atoms with Crippen molar-refractivity contribution in [1.82, 2.24) is 9.78 Å². The lowest BCUT2D eigenvalue weighted by molar-refractivity contribution is 0.772. The maximum absolute atomic E-state index is 5.93. The van der Waals surface area contributed by atoms with Gasteiger partial charge in [-0.2, -0.15) is 5.10 Å². The van der Waals surface area contributed by atoms with E-state index in [4.69, 9.17) is 11.6 Å². The van der Waals surface area contributed by atoms with Crippen LogP contribution in [0, 0.1) is 3.57 Å². The molecular formula is C10H8ClIN2. The Morgan fingerprint density at radius 1 is 1.36 bits per heavy atom. The monoisotopic (exact) mass is 318 g/mol. The van der Waals surface area contributed by atoms with E-state index in [1.807, 2.05) is 31.3 Å². The summed E-state index contributed by atoms with van der Waals surface area (Å²) in [5.41, 5.74) is 2.04. The number of halogens is 2. The van der Waals surface area contributed by atoms with Gasteiger partial charge in [0, 0.05) is 22.2 Å². The van der Waals surface area contributed by atoms with E-state index in [0.29, 0.717) is 5.15 Å². The van der Waals surface area contributed by atoms with Crippen molar-refractivity contribution in [3.05, 3.63) is 39.1 Å². The second-order valence-corrected chi connectivity index (χ2v) is 4.51. The number of aromatic nitrogens is 2. The van der Waals surface area contributed by atoms with Gasteiger partial charge in [-0.05, 0) is 28.7 Å². The van der Waals surface area contributed by atoms with E-state index in [-0.39, 0.29) is 0 Å². The summed E-state index contributed by atoms with van der Waals surface area (Å²) in [4.78, 5) is 0. The predicted molar refractivity (Wildman–Crippen MR) is 66.4 cm³/mol. The third-order valence-corrected chi connectivity index (χ3v) is 3.27. The quantitative estimate of drug-likeness (QED) is 0.737. The van der Waals surface area contributed by atoms with Crippen LogP contribution >= 0.6 is 34.2 Å². The van der Waals surface area contributed by atoms with E-state index < -0.39 is 0 Å². The lowest BCUT2D eigenvalue weighted by atomic mass is 10.2. The van der Waals surface area contributed by atoms with Crippen molar-refractivity contribution in [2.24, 2.45) is 7.05 Å².